The SMILES string of the molecule is CC(C)(CC(N)=O)Nc1nc(Cl)ccc1[N+](=O)[O-]. The highest BCUT2D eigenvalue weighted by molar-refractivity contribution is 6.29. The number of hydrogen-bond donors (Lipinski definition) is 2. The Kier molecular flexibility index (Phi) is 4.07. The standard InChI is InChI=1S/C10H13ClN4O3/c1-10(2,5-8(12)16)14-9-6(15(17)18)3-4-7(11)13-9/h3-4H,5H2,1-2H3,(H2,12,16)(H,13,14). The fraction of sp³-hybridized carbons (Fsp3) is 0.400. The first-order chi connectivity index (χ1) is 8.21. The van der Waals surface area contributed by atoms with Gasteiger partial charge in [-0.1, -0.05) is 11.6 Å². The lowest BCUT2D eigenvalue weighted by Gasteiger charge is -2.25. The number of carbonyl (C=O) groups excluding carboxylic acids is 1. The van der Waals surface area contributed by atoms with Crippen molar-refractivity contribution in [2.24, 2.45) is 5.73 Å². The molecular formula is C10H13ClN4O3. The maximum Gasteiger partial charge on any atom is 0.311 e. The fourth-order valence-electron chi connectivity index (χ4n) is 1.47. The van der Waals surface area contributed by atoms with E-state index in [9.17, 15) is 14.9 Å². The van der Waals surface area contributed by atoms with Crippen LogP contribution in [0.1, 0.15) is 20.3 Å². The molecule has 0 aliphatic heterocycles. The van der Waals surface area contributed by atoms with Gasteiger partial charge in [0, 0.05) is 18.0 Å². The molecular weight excluding hydrogens is 260 g/mol. The highest BCUT2D eigenvalue weighted by Crippen LogP contribution is 2.27. The Morgan fingerprint density at radius 3 is 2.72 bits per heavy atom. The van der Waals surface area contributed by atoms with E-state index in [-0.39, 0.29) is 23.1 Å². The van der Waals surface area contributed by atoms with Gasteiger partial charge in [0.05, 0.1) is 4.92 Å². The topological polar surface area (TPSA) is 111 Å². The van der Waals surface area contributed by atoms with Gasteiger partial charge in [0.1, 0.15) is 5.15 Å². The predicted octanol–water partition coefficient (Wildman–Crippen LogP) is 1.71. The lowest BCUT2D eigenvalue weighted by molar-refractivity contribution is -0.384. The normalized spacial score (nSPS) is 11.1. The van der Waals surface area contributed by atoms with Crippen molar-refractivity contribution in [3.05, 3.63) is 27.4 Å². The van der Waals surface area contributed by atoms with Crippen molar-refractivity contribution < 1.29 is 9.72 Å². The maximum atomic E-state index is 10.9. The highest BCUT2D eigenvalue weighted by Gasteiger charge is 2.25. The van der Waals surface area contributed by atoms with Crippen LogP contribution in [0.3, 0.4) is 0 Å². The Morgan fingerprint density at radius 1 is 1.61 bits per heavy atom. The number of anilines is 1. The molecule has 0 unspecified atom stereocenters. The van der Waals surface area contributed by atoms with Crippen molar-refractivity contribution >= 4 is 29.0 Å². The minimum Gasteiger partial charge on any atom is -0.370 e. The van der Waals surface area contributed by atoms with Crippen LogP contribution in [-0.2, 0) is 4.79 Å². The summed E-state index contributed by atoms with van der Waals surface area (Å²) in [6.45, 7) is 3.37. The number of nitrogens with one attached hydrogen (secondary N) is 1. The molecule has 1 amide bonds. The van der Waals surface area contributed by atoms with Gasteiger partial charge in [-0.15, -0.1) is 0 Å². The minimum absolute atomic E-state index is 0.0122. The van der Waals surface area contributed by atoms with Crippen LogP contribution in [0.4, 0.5) is 11.5 Å². The number of amides is 1. The van der Waals surface area contributed by atoms with Crippen LogP contribution < -0.4 is 11.1 Å². The van der Waals surface area contributed by atoms with E-state index in [1.807, 2.05) is 0 Å². The van der Waals surface area contributed by atoms with Gasteiger partial charge in [-0.05, 0) is 19.9 Å². The zero-order valence-corrected chi connectivity index (χ0v) is 10.7. The molecule has 98 valence electrons. The summed E-state index contributed by atoms with van der Waals surface area (Å²) in [5, 5.41) is 13.8. The van der Waals surface area contributed by atoms with Gasteiger partial charge in [-0.3, -0.25) is 14.9 Å². The monoisotopic (exact) mass is 272 g/mol. The molecule has 8 heteroatoms. The Balaban J connectivity index is 3.05. The van der Waals surface area contributed by atoms with E-state index >= 15 is 0 Å². The molecule has 0 spiro atoms. The second-order valence-corrected chi connectivity index (χ2v) is 4.80. The van der Waals surface area contributed by atoms with E-state index in [0.717, 1.165) is 0 Å². The molecule has 1 heterocycles. The van der Waals surface area contributed by atoms with Gasteiger partial charge in [0.25, 0.3) is 0 Å². The average molecular weight is 273 g/mol. The summed E-state index contributed by atoms with van der Waals surface area (Å²) >= 11 is 5.69. The first-order valence-electron chi connectivity index (χ1n) is 5.09. The third-order valence-electron chi connectivity index (χ3n) is 2.11. The van der Waals surface area contributed by atoms with Gasteiger partial charge in [-0.25, -0.2) is 4.98 Å². The molecule has 1 aromatic rings. The molecule has 0 aromatic carbocycles. The quantitative estimate of drug-likeness (QED) is 0.481. The van der Waals surface area contributed by atoms with Gasteiger partial charge in [-0.2, -0.15) is 0 Å². The molecule has 0 aliphatic rings. The van der Waals surface area contributed by atoms with Crippen LogP contribution in [0.5, 0.6) is 0 Å². The van der Waals surface area contributed by atoms with Crippen molar-refractivity contribution in [3.63, 3.8) is 0 Å². The Morgan fingerprint density at radius 2 is 2.22 bits per heavy atom. The summed E-state index contributed by atoms with van der Waals surface area (Å²) < 4.78 is 0. The molecule has 0 radical (unpaired) electrons. The molecule has 1 aromatic heterocycles. The molecule has 0 atom stereocenters. The number of carbonyl (C=O) groups is 1. The lowest BCUT2D eigenvalue weighted by Crippen LogP contribution is -2.36. The first-order valence-corrected chi connectivity index (χ1v) is 5.46. The zero-order valence-electron chi connectivity index (χ0n) is 9.94. The molecule has 18 heavy (non-hydrogen) atoms. The van der Waals surface area contributed by atoms with Crippen LogP contribution >= 0.6 is 11.6 Å². The Hall–Kier alpha value is -1.89. The Bertz CT molecular complexity index is 490. The summed E-state index contributed by atoms with van der Waals surface area (Å²) in [4.78, 5) is 25.0. The van der Waals surface area contributed by atoms with Crippen molar-refractivity contribution in [2.75, 3.05) is 5.32 Å². The van der Waals surface area contributed by atoms with E-state index in [1.165, 1.54) is 12.1 Å². The predicted molar refractivity (Wildman–Crippen MR) is 67.4 cm³/mol. The molecule has 3 N–H and O–H groups in total. The number of nitrogens with two attached hydrogens (primary N) is 1. The average Bonchev–Trinajstić information content (AvgIpc) is 2.13. The van der Waals surface area contributed by atoms with Gasteiger partial charge in [0.15, 0.2) is 0 Å². The van der Waals surface area contributed by atoms with Crippen LogP contribution in [-0.4, -0.2) is 21.4 Å². The van der Waals surface area contributed by atoms with E-state index in [0.29, 0.717) is 0 Å². The fourth-order valence-corrected chi connectivity index (χ4v) is 1.62. The first kappa shape index (κ1) is 14.2. The molecule has 0 bridgehead atoms. The molecule has 0 fully saturated rings. The van der Waals surface area contributed by atoms with Crippen molar-refractivity contribution in [3.8, 4) is 0 Å². The summed E-state index contributed by atoms with van der Waals surface area (Å²) in [5.74, 6) is -0.504. The molecule has 1 rings (SSSR count). The second kappa shape index (κ2) is 5.18. The van der Waals surface area contributed by atoms with Crippen LogP contribution in [0, 0.1) is 10.1 Å². The number of rotatable bonds is 5. The van der Waals surface area contributed by atoms with Gasteiger partial charge in [0.2, 0.25) is 11.7 Å². The van der Waals surface area contributed by atoms with E-state index in [2.05, 4.69) is 10.3 Å². The number of hydrogen-bond acceptors (Lipinski definition) is 5. The Labute approximate surface area is 108 Å². The maximum absolute atomic E-state index is 10.9. The van der Waals surface area contributed by atoms with Gasteiger partial charge >= 0.3 is 5.69 Å². The van der Waals surface area contributed by atoms with E-state index in [1.54, 1.807) is 13.8 Å². The second-order valence-electron chi connectivity index (χ2n) is 4.41. The molecule has 0 saturated heterocycles. The van der Waals surface area contributed by atoms with E-state index < -0.39 is 16.4 Å². The zero-order chi connectivity index (χ0) is 13.9. The van der Waals surface area contributed by atoms with Crippen molar-refractivity contribution in [2.45, 2.75) is 25.8 Å². The number of primary amides is 1. The number of pyridine rings is 1. The third kappa shape index (κ3) is 3.85. The summed E-state index contributed by atoms with van der Waals surface area (Å²) in [6.07, 6.45) is 0.0122. The largest absolute Gasteiger partial charge is 0.370 e. The van der Waals surface area contributed by atoms with Crippen LogP contribution in [0.2, 0.25) is 5.15 Å². The van der Waals surface area contributed by atoms with Crippen LogP contribution in [0.15, 0.2) is 12.1 Å². The van der Waals surface area contributed by atoms with Crippen molar-refractivity contribution in [1.29, 1.82) is 0 Å². The van der Waals surface area contributed by atoms with Crippen molar-refractivity contribution in [1.82, 2.24) is 4.98 Å². The third-order valence-corrected chi connectivity index (χ3v) is 2.32. The minimum atomic E-state index is -0.756. The summed E-state index contributed by atoms with van der Waals surface area (Å²) in [7, 11) is 0. The van der Waals surface area contributed by atoms with E-state index in [4.69, 9.17) is 17.3 Å². The number of nitrogens with zero attached hydrogens (tertiary/aromatic N) is 2. The van der Waals surface area contributed by atoms with Crippen LogP contribution in [0.25, 0.3) is 0 Å². The number of halogens is 1. The smallest absolute Gasteiger partial charge is 0.311 e. The summed E-state index contributed by atoms with van der Waals surface area (Å²) in [5.41, 5.74) is 4.13. The number of aromatic nitrogens is 1. The van der Waals surface area contributed by atoms with Gasteiger partial charge < -0.3 is 11.1 Å². The number of nitro groups is 1. The molecule has 0 saturated carbocycles. The molecule has 7 nitrogen and oxygen atoms in total. The highest BCUT2D eigenvalue weighted by atomic mass is 35.5. The molecule has 0 aliphatic carbocycles. The summed E-state index contributed by atoms with van der Waals surface area (Å²) in [6, 6.07) is 2.57. The lowest BCUT2D eigenvalue weighted by atomic mass is 10.0.